The number of benzene rings is 1. The van der Waals surface area contributed by atoms with E-state index in [4.69, 9.17) is 0 Å². The van der Waals surface area contributed by atoms with Crippen LogP contribution in [0.4, 0.5) is 0 Å². The molecule has 0 saturated carbocycles. The van der Waals surface area contributed by atoms with Crippen LogP contribution in [0.3, 0.4) is 0 Å². The van der Waals surface area contributed by atoms with Crippen LogP contribution in [0.25, 0.3) is 0 Å². The van der Waals surface area contributed by atoms with E-state index in [0.717, 1.165) is 12.8 Å². The van der Waals surface area contributed by atoms with Gasteiger partial charge in [-0.3, -0.25) is 9.59 Å². The Bertz CT molecular complexity index is 684. The number of quaternary nitrogens is 1. The van der Waals surface area contributed by atoms with Gasteiger partial charge in [0.2, 0.25) is 5.91 Å². The van der Waals surface area contributed by atoms with Crippen molar-refractivity contribution >= 4 is 23.2 Å². The van der Waals surface area contributed by atoms with Crippen molar-refractivity contribution < 1.29 is 14.9 Å². The number of thiophene rings is 1. The van der Waals surface area contributed by atoms with Crippen molar-refractivity contribution in [2.24, 2.45) is 0 Å². The van der Waals surface area contributed by atoms with Crippen molar-refractivity contribution in [3.63, 3.8) is 0 Å². The summed E-state index contributed by atoms with van der Waals surface area (Å²) in [5.41, 5.74) is 2.48. The van der Waals surface area contributed by atoms with Gasteiger partial charge in [0.05, 0.1) is 11.4 Å². The van der Waals surface area contributed by atoms with Crippen LogP contribution in [-0.4, -0.2) is 31.4 Å². The summed E-state index contributed by atoms with van der Waals surface area (Å²) in [6.07, 6.45) is 1.89. The van der Waals surface area contributed by atoms with Gasteiger partial charge in [0.25, 0.3) is 5.91 Å². The van der Waals surface area contributed by atoms with Gasteiger partial charge in [-0.15, -0.1) is 11.3 Å². The second-order valence-electron chi connectivity index (χ2n) is 6.15. The zero-order chi connectivity index (χ0) is 18.8. The molecule has 140 valence electrons. The predicted molar refractivity (Wildman–Crippen MR) is 105 cm³/mol. The molecule has 0 saturated heterocycles. The highest BCUT2D eigenvalue weighted by atomic mass is 32.1. The van der Waals surface area contributed by atoms with E-state index < -0.39 is 0 Å². The molecular formula is C20H28N3O2S+. The molecular weight excluding hydrogens is 346 g/mol. The number of rotatable bonds is 10. The van der Waals surface area contributed by atoms with Crippen LogP contribution in [0.2, 0.25) is 0 Å². The maximum atomic E-state index is 12.1. The monoisotopic (exact) mass is 374 g/mol. The summed E-state index contributed by atoms with van der Waals surface area (Å²) < 4.78 is 0. The molecule has 2 amide bonds. The Morgan fingerprint density at radius 1 is 1.08 bits per heavy atom. The van der Waals surface area contributed by atoms with E-state index in [2.05, 4.69) is 53.3 Å². The van der Waals surface area contributed by atoms with Crippen molar-refractivity contribution in [2.45, 2.75) is 32.7 Å². The van der Waals surface area contributed by atoms with Crippen LogP contribution in [0.1, 0.15) is 42.3 Å². The molecule has 0 aliphatic heterocycles. The summed E-state index contributed by atoms with van der Waals surface area (Å²) in [4.78, 5) is 24.9. The number of carbonyl (C=O) groups is 2. The molecule has 1 atom stereocenters. The maximum Gasteiger partial charge on any atom is 0.275 e. The number of aryl methyl sites for hydroxylation is 1. The van der Waals surface area contributed by atoms with E-state index in [-0.39, 0.29) is 30.9 Å². The number of hydrogen-bond donors (Lipinski definition) is 3. The lowest BCUT2D eigenvalue weighted by Gasteiger charge is -2.15. The fourth-order valence-electron chi connectivity index (χ4n) is 2.65. The molecule has 26 heavy (non-hydrogen) atoms. The number of hydrogen-bond acceptors (Lipinski definition) is 3. The van der Waals surface area contributed by atoms with Gasteiger partial charge in [0, 0.05) is 12.1 Å². The SMILES string of the molecule is CCCNC(=O)CNC(=O)C[NH2+][C@@H](c1ccc(CC)cc1)c1cccs1. The predicted octanol–water partition coefficient (Wildman–Crippen LogP) is 1.61. The van der Waals surface area contributed by atoms with Crippen molar-refractivity contribution in [3.8, 4) is 0 Å². The van der Waals surface area contributed by atoms with E-state index in [1.807, 2.05) is 18.3 Å². The standard InChI is InChI=1S/C20H27N3O2S/c1-3-11-21-18(24)13-22-19(25)14-23-20(17-6-5-12-26-17)16-9-7-15(4-2)8-10-16/h5-10,12,20,23H,3-4,11,13-14H2,1-2H3,(H,21,24)(H,22,25)/p+1/t20-/m0/s1. The molecule has 0 fully saturated rings. The first-order chi connectivity index (χ1) is 12.6. The van der Waals surface area contributed by atoms with E-state index in [0.29, 0.717) is 6.54 Å². The van der Waals surface area contributed by atoms with E-state index >= 15 is 0 Å². The molecule has 2 rings (SSSR count). The molecule has 0 aliphatic carbocycles. The summed E-state index contributed by atoms with van der Waals surface area (Å²) >= 11 is 1.69. The van der Waals surface area contributed by atoms with Crippen molar-refractivity contribution in [3.05, 3.63) is 57.8 Å². The van der Waals surface area contributed by atoms with Gasteiger partial charge < -0.3 is 16.0 Å². The number of carbonyl (C=O) groups excluding carboxylic acids is 2. The first-order valence-corrected chi connectivity index (χ1v) is 10.0. The Labute approximate surface area is 159 Å². The molecule has 1 heterocycles. The zero-order valence-corrected chi connectivity index (χ0v) is 16.3. The summed E-state index contributed by atoms with van der Waals surface area (Å²) in [5, 5.41) is 9.50. The molecule has 0 unspecified atom stereocenters. The summed E-state index contributed by atoms with van der Waals surface area (Å²) in [7, 11) is 0. The Hall–Kier alpha value is -2.18. The molecule has 1 aromatic carbocycles. The van der Waals surface area contributed by atoms with Gasteiger partial charge in [-0.1, -0.05) is 44.2 Å². The average Bonchev–Trinajstić information content (AvgIpc) is 3.19. The second-order valence-corrected chi connectivity index (χ2v) is 7.13. The third kappa shape index (κ3) is 6.28. The quantitative estimate of drug-likeness (QED) is 0.591. The van der Waals surface area contributed by atoms with Crippen molar-refractivity contribution in [1.29, 1.82) is 0 Å². The van der Waals surface area contributed by atoms with Crippen LogP contribution >= 0.6 is 11.3 Å². The van der Waals surface area contributed by atoms with E-state index in [1.54, 1.807) is 11.3 Å². The number of nitrogens with one attached hydrogen (secondary N) is 2. The molecule has 0 spiro atoms. The molecule has 6 heteroatoms. The lowest BCUT2D eigenvalue weighted by Crippen LogP contribution is -2.87. The number of amides is 2. The van der Waals surface area contributed by atoms with Crippen LogP contribution in [-0.2, 0) is 16.0 Å². The topological polar surface area (TPSA) is 74.8 Å². The highest BCUT2D eigenvalue weighted by molar-refractivity contribution is 7.10. The van der Waals surface area contributed by atoms with Gasteiger partial charge in [0.1, 0.15) is 6.04 Å². The van der Waals surface area contributed by atoms with Gasteiger partial charge in [-0.05, 0) is 29.9 Å². The van der Waals surface area contributed by atoms with Gasteiger partial charge in [-0.2, -0.15) is 0 Å². The lowest BCUT2D eigenvalue weighted by atomic mass is 10.0. The van der Waals surface area contributed by atoms with Crippen LogP contribution in [0.15, 0.2) is 41.8 Å². The maximum absolute atomic E-state index is 12.1. The molecule has 0 aliphatic rings. The van der Waals surface area contributed by atoms with Gasteiger partial charge >= 0.3 is 0 Å². The molecule has 2 aromatic rings. The van der Waals surface area contributed by atoms with E-state index in [1.165, 1.54) is 16.0 Å². The molecule has 0 bridgehead atoms. The minimum Gasteiger partial charge on any atom is -0.355 e. The minimum atomic E-state index is -0.148. The van der Waals surface area contributed by atoms with Gasteiger partial charge in [-0.25, -0.2) is 0 Å². The summed E-state index contributed by atoms with van der Waals surface area (Å²) in [6, 6.07) is 12.8. The smallest absolute Gasteiger partial charge is 0.275 e. The molecule has 0 radical (unpaired) electrons. The Balaban J connectivity index is 1.93. The molecule has 4 N–H and O–H groups in total. The Morgan fingerprint density at radius 3 is 2.46 bits per heavy atom. The Kier molecular flexibility index (Phi) is 8.31. The third-order valence-corrected chi connectivity index (χ3v) is 5.11. The van der Waals surface area contributed by atoms with Gasteiger partial charge in [0.15, 0.2) is 6.54 Å². The second kappa shape index (κ2) is 10.7. The highest BCUT2D eigenvalue weighted by Gasteiger charge is 2.20. The first kappa shape index (κ1) is 20.1. The van der Waals surface area contributed by atoms with Crippen LogP contribution in [0.5, 0.6) is 0 Å². The fraction of sp³-hybridized carbons (Fsp3) is 0.400. The zero-order valence-electron chi connectivity index (χ0n) is 15.5. The van der Waals surface area contributed by atoms with E-state index in [9.17, 15) is 9.59 Å². The molecule has 5 nitrogen and oxygen atoms in total. The van der Waals surface area contributed by atoms with Crippen molar-refractivity contribution in [1.82, 2.24) is 10.6 Å². The lowest BCUT2D eigenvalue weighted by molar-refractivity contribution is -0.676. The largest absolute Gasteiger partial charge is 0.355 e. The fourth-order valence-corrected chi connectivity index (χ4v) is 3.50. The minimum absolute atomic E-state index is 0.0293. The Morgan fingerprint density at radius 2 is 1.85 bits per heavy atom. The summed E-state index contributed by atoms with van der Waals surface area (Å²) in [6.45, 7) is 5.07. The third-order valence-electron chi connectivity index (χ3n) is 4.15. The van der Waals surface area contributed by atoms with Crippen LogP contribution < -0.4 is 16.0 Å². The number of nitrogens with two attached hydrogens (primary N) is 1. The average molecular weight is 375 g/mol. The highest BCUT2D eigenvalue weighted by Crippen LogP contribution is 2.23. The van der Waals surface area contributed by atoms with Crippen molar-refractivity contribution in [2.75, 3.05) is 19.6 Å². The van der Waals surface area contributed by atoms with Crippen LogP contribution in [0, 0.1) is 0 Å². The summed E-state index contributed by atoms with van der Waals surface area (Å²) in [5.74, 6) is -0.284. The normalized spacial score (nSPS) is 11.8. The first-order valence-electron chi connectivity index (χ1n) is 9.13. The molecule has 1 aromatic heterocycles.